The molecule has 108 valence electrons. The lowest BCUT2D eigenvalue weighted by molar-refractivity contribution is 0.360. The van der Waals surface area contributed by atoms with Crippen molar-refractivity contribution in [3.05, 3.63) is 33.8 Å². The molecular weight excluding hydrogens is 331 g/mol. The minimum absolute atomic E-state index is 0. The van der Waals surface area contributed by atoms with Gasteiger partial charge in [-0.2, -0.15) is 4.31 Å². The fraction of sp³-hybridized carbons (Fsp3) is 0.455. The van der Waals surface area contributed by atoms with Gasteiger partial charge in [0.25, 0.3) is 0 Å². The lowest BCUT2D eigenvalue weighted by Crippen LogP contribution is -2.46. The van der Waals surface area contributed by atoms with Crippen LogP contribution in [0.15, 0.2) is 18.2 Å². The number of hydrogen-bond donors (Lipinski definition) is 1. The molecule has 0 aliphatic carbocycles. The Morgan fingerprint density at radius 3 is 2.16 bits per heavy atom. The van der Waals surface area contributed by atoms with Crippen LogP contribution in [-0.4, -0.2) is 38.9 Å². The molecule has 0 amide bonds. The van der Waals surface area contributed by atoms with E-state index in [1.54, 1.807) is 18.2 Å². The molecular formula is C11H15Cl3N2O2S. The highest BCUT2D eigenvalue weighted by Gasteiger charge is 2.24. The minimum atomic E-state index is -3.29. The molecule has 19 heavy (non-hydrogen) atoms. The summed E-state index contributed by atoms with van der Waals surface area (Å²) in [4.78, 5) is 0. The van der Waals surface area contributed by atoms with E-state index in [9.17, 15) is 8.42 Å². The van der Waals surface area contributed by atoms with Gasteiger partial charge in [-0.25, -0.2) is 8.42 Å². The van der Waals surface area contributed by atoms with E-state index in [4.69, 9.17) is 23.2 Å². The van der Waals surface area contributed by atoms with Gasteiger partial charge in [-0.05, 0) is 23.8 Å². The van der Waals surface area contributed by atoms with Crippen LogP contribution in [0.2, 0.25) is 10.0 Å². The summed E-state index contributed by atoms with van der Waals surface area (Å²) >= 11 is 11.7. The van der Waals surface area contributed by atoms with E-state index in [0.29, 0.717) is 41.8 Å². The molecule has 1 aromatic rings. The molecule has 0 saturated carbocycles. The zero-order valence-electron chi connectivity index (χ0n) is 10.1. The third-order valence-corrected chi connectivity index (χ3v) is 5.03. The van der Waals surface area contributed by atoms with Gasteiger partial charge in [-0.3, -0.25) is 0 Å². The second-order valence-electron chi connectivity index (χ2n) is 4.18. The molecule has 2 rings (SSSR count). The highest BCUT2D eigenvalue weighted by atomic mass is 35.5. The SMILES string of the molecule is Cl.O=S(=O)(Cc1cc(Cl)cc(Cl)c1)N1CCNCC1. The maximum Gasteiger partial charge on any atom is 0.218 e. The Morgan fingerprint density at radius 2 is 1.63 bits per heavy atom. The third kappa shape index (κ3) is 4.77. The molecule has 0 aromatic heterocycles. The number of hydrogen-bond acceptors (Lipinski definition) is 3. The molecule has 0 atom stereocenters. The number of piperazine rings is 1. The lowest BCUT2D eigenvalue weighted by Gasteiger charge is -2.26. The maximum absolute atomic E-state index is 12.2. The average molecular weight is 346 g/mol. The Morgan fingerprint density at radius 1 is 1.11 bits per heavy atom. The fourth-order valence-corrected chi connectivity index (χ4v) is 4.00. The summed E-state index contributed by atoms with van der Waals surface area (Å²) in [6.07, 6.45) is 0. The number of halogens is 3. The van der Waals surface area contributed by atoms with Crippen molar-refractivity contribution in [1.29, 1.82) is 0 Å². The van der Waals surface area contributed by atoms with Crippen LogP contribution in [0, 0.1) is 0 Å². The Balaban J connectivity index is 0.00000180. The van der Waals surface area contributed by atoms with Crippen molar-refractivity contribution in [1.82, 2.24) is 9.62 Å². The first-order valence-electron chi connectivity index (χ1n) is 5.61. The number of rotatable bonds is 3. The summed E-state index contributed by atoms with van der Waals surface area (Å²) in [5.74, 6) is -0.0622. The molecule has 0 bridgehead atoms. The van der Waals surface area contributed by atoms with Gasteiger partial charge in [0.05, 0.1) is 5.75 Å². The van der Waals surface area contributed by atoms with E-state index >= 15 is 0 Å². The van der Waals surface area contributed by atoms with Crippen LogP contribution in [0.25, 0.3) is 0 Å². The summed E-state index contributed by atoms with van der Waals surface area (Å²) in [5, 5.41) is 4.02. The van der Waals surface area contributed by atoms with Gasteiger partial charge in [0.1, 0.15) is 0 Å². The van der Waals surface area contributed by atoms with Crippen molar-refractivity contribution < 1.29 is 8.42 Å². The zero-order chi connectivity index (χ0) is 13.2. The number of benzene rings is 1. The van der Waals surface area contributed by atoms with E-state index in [1.807, 2.05) is 0 Å². The molecule has 1 N–H and O–H groups in total. The van der Waals surface area contributed by atoms with Crippen molar-refractivity contribution in [3.8, 4) is 0 Å². The third-order valence-electron chi connectivity index (χ3n) is 2.74. The van der Waals surface area contributed by atoms with E-state index in [-0.39, 0.29) is 18.2 Å². The number of sulfonamides is 1. The number of nitrogens with zero attached hydrogens (tertiary/aromatic N) is 1. The van der Waals surface area contributed by atoms with Crippen LogP contribution in [-0.2, 0) is 15.8 Å². The monoisotopic (exact) mass is 344 g/mol. The largest absolute Gasteiger partial charge is 0.314 e. The summed E-state index contributed by atoms with van der Waals surface area (Å²) in [6.45, 7) is 2.40. The van der Waals surface area contributed by atoms with E-state index in [2.05, 4.69) is 5.32 Å². The van der Waals surface area contributed by atoms with Gasteiger partial charge in [0.15, 0.2) is 0 Å². The van der Waals surface area contributed by atoms with Gasteiger partial charge in [0.2, 0.25) is 10.0 Å². The smallest absolute Gasteiger partial charge is 0.218 e. The van der Waals surface area contributed by atoms with E-state index < -0.39 is 10.0 Å². The minimum Gasteiger partial charge on any atom is -0.314 e. The molecule has 1 aliphatic heterocycles. The predicted molar refractivity (Wildman–Crippen MR) is 80.8 cm³/mol. The normalized spacial score (nSPS) is 16.9. The van der Waals surface area contributed by atoms with Crippen LogP contribution in [0.5, 0.6) is 0 Å². The van der Waals surface area contributed by atoms with Crippen LogP contribution < -0.4 is 5.32 Å². The Bertz CT molecular complexity index is 510. The Kier molecular flexibility index (Phi) is 6.36. The second-order valence-corrected chi connectivity index (χ2v) is 7.02. The quantitative estimate of drug-likeness (QED) is 0.913. The van der Waals surface area contributed by atoms with Crippen molar-refractivity contribution in [3.63, 3.8) is 0 Å². The molecule has 1 aromatic carbocycles. The van der Waals surface area contributed by atoms with Crippen molar-refractivity contribution in [2.75, 3.05) is 26.2 Å². The number of nitrogens with one attached hydrogen (secondary N) is 1. The van der Waals surface area contributed by atoms with Crippen molar-refractivity contribution in [2.45, 2.75) is 5.75 Å². The van der Waals surface area contributed by atoms with Crippen LogP contribution in [0.1, 0.15) is 5.56 Å². The standard InChI is InChI=1S/C11H14Cl2N2O2S.ClH/c12-10-5-9(6-11(13)7-10)8-18(16,17)15-3-1-14-2-4-15;/h5-7,14H,1-4,8H2;1H. The molecule has 8 heteroatoms. The molecule has 1 fully saturated rings. The van der Waals surface area contributed by atoms with Crippen LogP contribution in [0.4, 0.5) is 0 Å². The summed E-state index contributed by atoms with van der Waals surface area (Å²) in [7, 11) is -3.29. The molecule has 1 saturated heterocycles. The van der Waals surface area contributed by atoms with E-state index in [0.717, 1.165) is 0 Å². The van der Waals surface area contributed by atoms with Gasteiger partial charge in [-0.1, -0.05) is 23.2 Å². The fourth-order valence-electron chi connectivity index (χ4n) is 1.92. The van der Waals surface area contributed by atoms with Gasteiger partial charge in [0, 0.05) is 36.2 Å². The molecule has 1 heterocycles. The lowest BCUT2D eigenvalue weighted by atomic mass is 10.2. The first-order chi connectivity index (χ1) is 8.47. The van der Waals surface area contributed by atoms with Crippen molar-refractivity contribution in [2.24, 2.45) is 0 Å². The highest BCUT2D eigenvalue weighted by Crippen LogP contribution is 2.21. The molecule has 0 radical (unpaired) electrons. The highest BCUT2D eigenvalue weighted by molar-refractivity contribution is 7.88. The Labute approximate surface area is 129 Å². The molecule has 0 spiro atoms. The average Bonchev–Trinajstić information content (AvgIpc) is 2.28. The predicted octanol–water partition coefficient (Wildman–Crippen LogP) is 2.15. The molecule has 4 nitrogen and oxygen atoms in total. The van der Waals surface area contributed by atoms with Gasteiger partial charge >= 0.3 is 0 Å². The van der Waals surface area contributed by atoms with Crippen LogP contribution >= 0.6 is 35.6 Å². The molecule has 0 unspecified atom stereocenters. The summed E-state index contributed by atoms with van der Waals surface area (Å²) < 4.78 is 25.9. The molecule has 1 aliphatic rings. The first kappa shape index (κ1) is 17.0. The van der Waals surface area contributed by atoms with Gasteiger partial charge < -0.3 is 5.32 Å². The first-order valence-corrected chi connectivity index (χ1v) is 7.97. The maximum atomic E-state index is 12.2. The summed E-state index contributed by atoms with van der Waals surface area (Å²) in [6, 6.07) is 4.85. The second kappa shape index (κ2) is 7.11. The van der Waals surface area contributed by atoms with Crippen LogP contribution in [0.3, 0.4) is 0 Å². The van der Waals surface area contributed by atoms with Crippen molar-refractivity contribution >= 4 is 45.6 Å². The topological polar surface area (TPSA) is 49.4 Å². The Hall–Kier alpha value is -0.0400. The zero-order valence-corrected chi connectivity index (χ0v) is 13.2. The summed E-state index contributed by atoms with van der Waals surface area (Å²) in [5.41, 5.74) is 0.617. The van der Waals surface area contributed by atoms with Gasteiger partial charge in [-0.15, -0.1) is 12.4 Å². The van der Waals surface area contributed by atoms with E-state index in [1.165, 1.54) is 4.31 Å².